The lowest BCUT2D eigenvalue weighted by Gasteiger charge is -2.21. The number of nitrogens with one attached hydrogen (secondary N) is 1. The topological polar surface area (TPSA) is 55.2 Å². The lowest BCUT2D eigenvalue weighted by Crippen LogP contribution is -2.23. The fourth-order valence-electron chi connectivity index (χ4n) is 2.40. The zero-order chi connectivity index (χ0) is 15.4. The van der Waals surface area contributed by atoms with E-state index in [1.54, 1.807) is 18.2 Å². The van der Waals surface area contributed by atoms with Crippen LogP contribution >= 0.6 is 11.6 Å². The number of nitro benzene ring substituents is 1. The van der Waals surface area contributed by atoms with Crippen LogP contribution in [-0.2, 0) is 0 Å². The van der Waals surface area contributed by atoms with E-state index in [1.807, 2.05) is 38.1 Å². The third-order valence-corrected chi connectivity index (χ3v) is 3.82. The van der Waals surface area contributed by atoms with Crippen LogP contribution in [0.4, 0.5) is 5.69 Å². The molecule has 2 unspecified atom stereocenters. The van der Waals surface area contributed by atoms with Crippen LogP contribution in [-0.4, -0.2) is 4.92 Å². The molecule has 0 saturated heterocycles. The van der Waals surface area contributed by atoms with Gasteiger partial charge in [-0.25, -0.2) is 0 Å². The van der Waals surface area contributed by atoms with Crippen molar-refractivity contribution in [2.45, 2.75) is 25.9 Å². The second kappa shape index (κ2) is 6.70. The highest BCUT2D eigenvalue weighted by Gasteiger charge is 2.20. The Balaban J connectivity index is 2.21. The van der Waals surface area contributed by atoms with Crippen molar-refractivity contribution in [3.63, 3.8) is 0 Å². The Hall–Kier alpha value is -1.91. The van der Waals surface area contributed by atoms with Gasteiger partial charge in [0.25, 0.3) is 5.69 Å². The molecule has 2 aromatic carbocycles. The van der Waals surface area contributed by atoms with E-state index in [2.05, 4.69) is 5.32 Å². The second-order valence-electron chi connectivity index (χ2n) is 4.95. The number of nitro groups is 1. The Kier molecular flexibility index (Phi) is 4.94. The summed E-state index contributed by atoms with van der Waals surface area (Å²) in [5.74, 6) is 0. The van der Waals surface area contributed by atoms with E-state index in [9.17, 15) is 10.1 Å². The molecule has 0 radical (unpaired) electrons. The first kappa shape index (κ1) is 15.5. The molecular formula is C16H17ClN2O2. The molecule has 2 aromatic rings. The Labute approximate surface area is 128 Å². The highest BCUT2D eigenvalue weighted by Crippen LogP contribution is 2.28. The Morgan fingerprint density at radius 3 is 2.14 bits per heavy atom. The minimum atomic E-state index is -0.353. The molecule has 4 nitrogen and oxygen atoms in total. The summed E-state index contributed by atoms with van der Waals surface area (Å²) in [6.07, 6.45) is 0. The van der Waals surface area contributed by atoms with E-state index in [0.29, 0.717) is 10.6 Å². The number of nitrogens with zero attached hydrogens (tertiary/aromatic N) is 1. The van der Waals surface area contributed by atoms with Gasteiger partial charge < -0.3 is 5.32 Å². The predicted molar refractivity (Wildman–Crippen MR) is 84.5 cm³/mol. The van der Waals surface area contributed by atoms with Gasteiger partial charge in [-0.2, -0.15) is 0 Å². The van der Waals surface area contributed by atoms with Crippen LogP contribution in [0.3, 0.4) is 0 Å². The number of para-hydroxylation sites is 1. The SMILES string of the molecule is CC(NC(C)c1ccccc1[N+](=O)[O-])c1ccccc1Cl. The molecule has 0 aliphatic rings. The van der Waals surface area contributed by atoms with Gasteiger partial charge in [0.2, 0.25) is 0 Å². The van der Waals surface area contributed by atoms with Crippen molar-refractivity contribution in [2.24, 2.45) is 0 Å². The van der Waals surface area contributed by atoms with Crippen molar-refractivity contribution in [2.75, 3.05) is 0 Å². The van der Waals surface area contributed by atoms with E-state index in [0.717, 1.165) is 5.56 Å². The van der Waals surface area contributed by atoms with Crippen molar-refractivity contribution in [3.05, 3.63) is 74.8 Å². The molecule has 0 bridgehead atoms. The Bertz CT molecular complexity index is 646. The van der Waals surface area contributed by atoms with Gasteiger partial charge in [0.05, 0.1) is 4.92 Å². The van der Waals surface area contributed by atoms with Crippen LogP contribution in [0.2, 0.25) is 5.02 Å². The van der Waals surface area contributed by atoms with Crippen LogP contribution in [0.1, 0.15) is 37.1 Å². The number of halogens is 1. The van der Waals surface area contributed by atoms with Crippen molar-refractivity contribution in [1.29, 1.82) is 0 Å². The zero-order valence-electron chi connectivity index (χ0n) is 11.9. The van der Waals surface area contributed by atoms with E-state index in [4.69, 9.17) is 11.6 Å². The maximum Gasteiger partial charge on any atom is 0.274 e. The zero-order valence-corrected chi connectivity index (χ0v) is 12.7. The maximum absolute atomic E-state index is 11.1. The van der Waals surface area contributed by atoms with Crippen molar-refractivity contribution >= 4 is 17.3 Å². The van der Waals surface area contributed by atoms with Crippen molar-refractivity contribution < 1.29 is 4.92 Å². The van der Waals surface area contributed by atoms with Crippen molar-refractivity contribution in [1.82, 2.24) is 5.32 Å². The average molecular weight is 305 g/mol. The fourth-order valence-corrected chi connectivity index (χ4v) is 2.70. The van der Waals surface area contributed by atoms with Gasteiger partial charge in [0.1, 0.15) is 0 Å². The summed E-state index contributed by atoms with van der Waals surface area (Å²) < 4.78 is 0. The molecule has 21 heavy (non-hydrogen) atoms. The molecule has 0 aromatic heterocycles. The third kappa shape index (κ3) is 3.60. The van der Waals surface area contributed by atoms with Gasteiger partial charge in [-0.1, -0.05) is 48.0 Å². The van der Waals surface area contributed by atoms with Gasteiger partial charge >= 0.3 is 0 Å². The van der Waals surface area contributed by atoms with Gasteiger partial charge in [0, 0.05) is 28.7 Å². The number of hydrogen-bond acceptors (Lipinski definition) is 3. The Morgan fingerprint density at radius 1 is 1.00 bits per heavy atom. The molecule has 110 valence electrons. The maximum atomic E-state index is 11.1. The minimum Gasteiger partial charge on any atom is -0.303 e. The molecule has 0 amide bonds. The van der Waals surface area contributed by atoms with Gasteiger partial charge in [0.15, 0.2) is 0 Å². The number of rotatable bonds is 5. The molecule has 0 aliphatic carbocycles. The van der Waals surface area contributed by atoms with Crippen molar-refractivity contribution in [3.8, 4) is 0 Å². The summed E-state index contributed by atoms with van der Waals surface area (Å²) in [4.78, 5) is 10.7. The number of benzene rings is 2. The Morgan fingerprint density at radius 2 is 1.52 bits per heavy atom. The summed E-state index contributed by atoms with van der Waals surface area (Å²) in [6.45, 7) is 3.90. The van der Waals surface area contributed by atoms with Gasteiger partial charge in [-0.3, -0.25) is 10.1 Å². The minimum absolute atomic E-state index is 0.00601. The number of hydrogen-bond donors (Lipinski definition) is 1. The molecule has 2 atom stereocenters. The van der Waals surface area contributed by atoms with Crippen LogP contribution < -0.4 is 5.32 Å². The van der Waals surface area contributed by atoms with Crippen LogP contribution in [0.25, 0.3) is 0 Å². The summed E-state index contributed by atoms with van der Waals surface area (Å²) >= 11 is 6.18. The fraction of sp³-hybridized carbons (Fsp3) is 0.250. The standard InChI is InChI=1S/C16H17ClN2O2/c1-11(13-7-3-5-9-15(13)17)18-12(2)14-8-4-6-10-16(14)19(20)21/h3-12,18H,1-2H3. The van der Waals surface area contributed by atoms with E-state index in [-0.39, 0.29) is 22.7 Å². The average Bonchev–Trinajstić information content (AvgIpc) is 2.47. The second-order valence-corrected chi connectivity index (χ2v) is 5.35. The lowest BCUT2D eigenvalue weighted by molar-refractivity contribution is -0.385. The summed E-state index contributed by atoms with van der Waals surface area (Å²) in [5, 5.41) is 15.1. The van der Waals surface area contributed by atoms with E-state index < -0.39 is 0 Å². The van der Waals surface area contributed by atoms with E-state index in [1.165, 1.54) is 6.07 Å². The molecule has 0 heterocycles. The largest absolute Gasteiger partial charge is 0.303 e. The first-order valence-corrected chi connectivity index (χ1v) is 7.12. The molecular weight excluding hydrogens is 288 g/mol. The predicted octanol–water partition coefficient (Wildman–Crippen LogP) is 4.66. The van der Waals surface area contributed by atoms with Gasteiger partial charge in [-0.05, 0) is 25.5 Å². The monoisotopic (exact) mass is 304 g/mol. The van der Waals surface area contributed by atoms with E-state index >= 15 is 0 Å². The lowest BCUT2D eigenvalue weighted by atomic mass is 10.0. The first-order chi connectivity index (χ1) is 10.0. The quantitative estimate of drug-likeness (QED) is 0.645. The third-order valence-electron chi connectivity index (χ3n) is 3.47. The van der Waals surface area contributed by atoms with Gasteiger partial charge in [-0.15, -0.1) is 0 Å². The highest BCUT2D eigenvalue weighted by atomic mass is 35.5. The molecule has 0 saturated carbocycles. The highest BCUT2D eigenvalue weighted by molar-refractivity contribution is 6.31. The summed E-state index contributed by atoms with van der Waals surface area (Å²) in [7, 11) is 0. The summed E-state index contributed by atoms with van der Waals surface area (Å²) in [6, 6.07) is 14.2. The first-order valence-electron chi connectivity index (χ1n) is 6.74. The molecule has 2 rings (SSSR count). The smallest absolute Gasteiger partial charge is 0.274 e. The normalized spacial score (nSPS) is 13.7. The molecule has 5 heteroatoms. The van der Waals surface area contributed by atoms with Crippen LogP contribution in [0, 0.1) is 10.1 Å². The molecule has 0 spiro atoms. The van der Waals surface area contributed by atoms with Crippen LogP contribution in [0.15, 0.2) is 48.5 Å². The summed E-state index contributed by atoms with van der Waals surface area (Å²) in [5.41, 5.74) is 1.77. The van der Waals surface area contributed by atoms with Crippen LogP contribution in [0.5, 0.6) is 0 Å². The molecule has 1 N–H and O–H groups in total. The molecule has 0 fully saturated rings. The molecule has 0 aliphatic heterocycles.